The molecule has 1 fully saturated rings. The van der Waals surface area contributed by atoms with E-state index >= 15 is 0 Å². The first-order chi connectivity index (χ1) is 11.5. The highest BCUT2D eigenvalue weighted by Gasteiger charge is 2.25. The van der Waals surface area contributed by atoms with Gasteiger partial charge in [-0.1, -0.05) is 31.2 Å². The van der Waals surface area contributed by atoms with E-state index in [-0.39, 0.29) is 18.6 Å². The quantitative estimate of drug-likeness (QED) is 0.807. The van der Waals surface area contributed by atoms with Crippen molar-refractivity contribution < 1.29 is 19.4 Å². The maximum Gasteiger partial charge on any atom is 0.317 e. The average molecular weight is 334 g/mol. The number of morpholine rings is 1. The highest BCUT2D eigenvalue weighted by Crippen LogP contribution is 2.11. The molecule has 2 rings (SSSR count). The van der Waals surface area contributed by atoms with Crippen LogP contribution in [-0.4, -0.2) is 72.7 Å². The molecule has 1 aromatic carbocycles. The number of nitrogens with zero attached hydrogens (tertiary/aromatic N) is 2. The van der Waals surface area contributed by atoms with Gasteiger partial charge in [0.25, 0.3) is 0 Å². The second-order valence-electron chi connectivity index (χ2n) is 6.27. The lowest BCUT2D eigenvalue weighted by atomic mass is 10.1. The van der Waals surface area contributed by atoms with Gasteiger partial charge in [0, 0.05) is 19.6 Å². The van der Waals surface area contributed by atoms with Gasteiger partial charge in [-0.2, -0.15) is 0 Å². The Labute approximate surface area is 143 Å². The van der Waals surface area contributed by atoms with Crippen LogP contribution < -0.4 is 0 Å². The zero-order valence-corrected chi connectivity index (χ0v) is 14.4. The smallest absolute Gasteiger partial charge is 0.317 e. The average Bonchev–Trinajstić information content (AvgIpc) is 2.55. The molecule has 0 aliphatic carbocycles. The number of carboxylic acid groups (broad SMARTS) is 1. The number of amides is 1. The normalized spacial score (nSPS) is 18.0. The number of carbonyl (C=O) groups excluding carboxylic acids is 1. The molecular formula is C18H26N2O4. The third-order valence-electron chi connectivity index (χ3n) is 4.20. The topological polar surface area (TPSA) is 70.1 Å². The lowest BCUT2D eigenvalue weighted by Gasteiger charge is -2.34. The molecule has 1 aliphatic rings. The molecule has 0 spiro atoms. The van der Waals surface area contributed by atoms with Gasteiger partial charge in [-0.15, -0.1) is 0 Å². The van der Waals surface area contributed by atoms with Crippen LogP contribution in [0.15, 0.2) is 24.3 Å². The first-order valence-corrected chi connectivity index (χ1v) is 8.35. The molecule has 0 bridgehead atoms. The third kappa shape index (κ3) is 5.62. The largest absolute Gasteiger partial charge is 0.480 e. The monoisotopic (exact) mass is 334 g/mol. The zero-order chi connectivity index (χ0) is 17.5. The van der Waals surface area contributed by atoms with Crippen LogP contribution in [0.2, 0.25) is 0 Å². The van der Waals surface area contributed by atoms with Crippen LogP contribution in [0.25, 0.3) is 0 Å². The Balaban J connectivity index is 1.86. The lowest BCUT2D eigenvalue weighted by molar-refractivity contribution is -0.142. The summed E-state index contributed by atoms with van der Waals surface area (Å²) in [6.07, 6.45) is 1.24. The predicted octanol–water partition coefficient (Wildman–Crippen LogP) is 1.04. The molecular weight excluding hydrogens is 308 g/mol. The second kappa shape index (κ2) is 8.80. The second-order valence-corrected chi connectivity index (χ2v) is 6.27. The Kier molecular flexibility index (Phi) is 6.75. The minimum Gasteiger partial charge on any atom is -0.480 e. The summed E-state index contributed by atoms with van der Waals surface area (Å²) in [5.41, 5.74) is 2.28. The highest BCUT2D eigenvalue weighted by atomic mass is 16.5. The van der Waals surface area contributed by atoms with Crippen molar-refractivity contribution in [2.45, 2.75) is 25.9 Å². The summed E-state index contributed by atoms with van der Waals surface area (Å²) >= 11 is 0. The zero-order valence-electron chi connectivity index (χ0n) is 14.4. The van der Waals surface area contributed by atoms with Crippen molar-refractivity contribution in [3.05, 3.63) is 35.4 Å². The van der Waals surface area contributed by atoms with Crippen LogP contribution >= 0.6 is 0 Å². The summed E-state index contributed by atoms with van der Waals surface area (Å²) in [4.78, 5) is 26.7. The summed E-state index contributed by atoms with van der Waals surface area (Å²) in [6.45, 7) is 4.17. The molecule has 132 valence electrons. The molecule has 1 heterocycles. The van der Waals surface area contributed by atoms with Crippen molar-refractivity contribution in [2.24, 2.45) is 0 Å². The van der Waals surface area contributed by atoms with Gasteiger partial charge in [-0.3, -0.25) is 14.5 Å². The molecule has 1 aromatic rings. The molecule has 1 unspecified atom stereocenters. The number of rotatable bonds is 7. The maximum atomic E-state index is 12.5. The summed E-state index contributed by atoms with van der Waals surface area (Å²) in [5, 5.41) is 8.81. The van der Waals surface area contributed by atoms with E-state index in [1.54, 1.807) is 11.9 Å². The Bertz CT molecular complexity index is 559. The van der Waals surface area contributed by atoms with Gasteiger partial charge < -0.3 is 14.7 Å². The van der Waals surface area contributed by atoms with Crippen LogP contribution in [0.4, 0.5) is 0 Å². The van der Waals surface area contributed by atoms with Gasteiger partial charge in [0.2, 0.25) is 5.91 Å². The van der Waals surface area contributed by atoms with E-state index in [2.05, 4.69) is 19.1 Å². The SMILES string of the molecule is CCc1ccc(CC(=O)N2CCOC(CN(C)CC(=O)O)C2)cc1. The number of ether oxygens (including phenoxy) is 1. The Hall–Kier alpha value is -1.92. The van der Waals surface area contributed by atoms with E-state index in [1.165, 1.54) is 5.56 Å². The molecule has 0 aromatic heterocycles. The Morgan fingerprint density at radius 2 is 1.96 bits per heavy atom. The summed E-state index contributed by atoms with van der Waals surface area (Å²) in [7, 11) is 1.74. The van der Waals surface area contributed by atoms with Crippen molar-refractivity contribution in [3.8, 4) is 0 Å². The molecule has 1 atom stereocenters. The number of hydrogen-bond donors (Lipinski definition) is 1. The number of aryl methyl sites for hydroxylation is 1. The van der Waals surface area contributed by atoms with Gasteiger partial charge in [0.1, 0.15) is 0 Å². The summed E-state index contributed by atoms with van der Waals surface area (Å²) in [6, 6.07) is 8.14. The molecule has 0 radical (unpaired) electrons. The van der Waals surface area contributed by atoms with Gasteiger partial charge in [-0.25, -0.2) is 0 Å². The molecule has 6 heteroatoms. The summed E-state index contributed by atoms with van der Waals surface area (Å²) < 4.78 is 5.66. The number of carbonyl (C=O) groups is 2. The Morgan fingerprint density at radius 3 is 2.58 bits per heavy atom. The standard InChI is InChI=1S/C18H26N2O4/c1-3-14-4-6-15(7-5-14)10-17(21)20-8-9-24-16(12-20)11-19(2)13-18(22)23/h4-7,16H,3,8-13H2,1-2H3,(H,22,23). The molecule has 1 amide bonds. The maximum absolute atomic E-state index is 12.5. The molecule has 0 saturated carbocycles. The molecule has 24 heavy (non-hydrogen) atoms. The van der Waals surface area contributed by atoms with Crippen molar-refractivity contribution in [3.63, 3.8) is 0 Å². The molecule has 6 nitrogen and oxygen atoms in total. The lowest BCUT2D eigenvalue weighted by Crippen LogP contribution is -2.50. The number of benzene rings is 1. The molecule has 1 aliphatic heterocycles. The van der Waals surface area contributed by atoms with Gasteiger partial charge in [0.15, 0.2) is 0 Å². The first-order valence-electron chi connectivity index (χ1n) is 8.35. The fourth-order valence-corrected chi connectivity index (χ4v) is 2.88. The fraction of sp³-hybridized carbons (Fsp3) is 0.556. The van der Waals surface area contributed by atoms with E-state index in [9.17, 15) is 9.59 Å². The van der Waals surface area contributed by atoms with Gasteiger partial charge in [-0.05, 0) is 24.6 Å². The van der Waals surface area contributed by atoms with Crippen LogP contribution in [0.5, 0.6) is 0 Å². The molecule has 1 saturated heterocycles. The van der Waals surface area contributed by atoms with Gasteiger partial charge >= 0.3 is 5.97 Å². The summed E-state index contributed by atoms with van der Waals surface area (Å²) in [5.74, 6) is -0.773. The minimum atomic E-state index is -0.864. The van der Waals surface area contributed by atoms with Crippen molar-refractivity contribution in [1.29, 1.82) is 0 Å². The van der Waals surface area contributed by atoms with Crippen molar-refractivity contribution >= 4 is 11.9 Å². The van der Waals surface area contributed by atoms with Crippen LogP contribution in [-0.2, 0) is 27.2 Å². The Morgan fingerprint density at radius 1 is 1.29 bits per heavy atom. The molecule has 1 N–H and O–H groups in total. The first kappa shape index (κ1) is 18.4. The van der Waals surface area contributed by atoms with Crippen molar-refractivity contribution in [1.82, 2.24) is 9.80 Å². The number of hydrogen-bond acceptors (Lipinski definition) is 4. The van der Waals surface area contributed by atoms with E-state index in [0.29, 0.717) is 32.7 Å². The fourth-order valence-electron chi connectivity index (χ4n) is 2.88. The van der Waals surface area contributed by atoms with Gasteiger partial charge in [0.05, 0.1) is 25.7 Å². The van der Waals surface area contributed by atoms with E-state index < -0.39 is 5.97 Å². The van der Waals surface area contributed by atoms with E-state index in [0.717, 1.165) is 12.0 Å². The van der Waals surface area contributed by atoms with E-state index in [4.69, 9.17) is 9.84 Å². The predicted molar refractivity (Wildman–Crippen MR) is 91.0 cm³/mol. The van der Waals surface area contributed by atoms with E-state index in [1.807, 2.05) is 17.0 Å². The number of aliphatic carboxylic acids is 1. The number of likely N-dealkylation sites (N-methyl/N-ethyl adjacent to an activating group) is 1. The third-order valence-corrected chi connectivity index (χ3v) is 4.20. The van der Waals surface area contributed by atoms with Crippen molar-refractivity contribution in [2.75, 3.05) is 39.8 Å². The van der Waals surface area contributed by atoms with Crippen LogP contribution in [0.3, 0.4) is 0 Å². The van der Waals surface area contributed by atoms with Crippen LogP contribution in [0.1, 0.15) is 18.1 Å². The van der Waals surface area contributed by atoms with Crippen LogP contribution in [0, 0.1) is 0 Å². The minimum absolute atomic E-state index is 0.0302. The number of carboxylic acids is 1. The highest BCUT2D eigenvalue weighted by molar-refractivity contribution is 5.79.